The fourth-order valence-corrected chi connectivity index (χ4v) is 2.80. The first-order valence-electron chi connectivity index (χ1n) is 6.43. The third-order valence-corrected chi connectivity index (χ3v) is 4.48. The maximum atomic E-state index is 13.9. The molecule has 1 atom stereocenters. The minimum absolute atomic E-state index is 0.113. The number of hydrogen-bond donors (Lipinski definition) is 1. The van der Waals surface area contributed by atoms with E-state index in [2.05, 4.69) is 21.4 Å². The predicted molar refractivity (Wildman–Crippen MR) is 78.8 cm³/mol. The third-order valence-electron chi connectivity index (χ3n) is 2.84. The molecule has 0 aliphatic heterocycles. The van der Waals surface area contributed by atoms with Crippen LogP contribution < -0.4 is 5.56 Å². The summed E-state index contributed by atoms with van der Waals surface area (Å²) in [6, 6.07) is 7.76. The summed E-state index contributed by atoms with van der Waals surface area (Å²) in [5.41, 5.74) is -0.833. The average molecular weight is 407 g/mol. The van der Waals surface area contributed by atoms with Gasteiger partial charge in [0.05, 0.1) is 5.69 Å². The lowest BCUT2D eigenvalue weighted by atomic mass is 10.3. The van der Waals surface area contributed by atoms with E-state index >= 15 is 0 Å². The molecule has 0 bridgehead atoms. The summed E-state index contributed by atoms with van der Waals surface area (Å²) in [6.07, 6.45) is -5.74. The van der Waals surface area contributed by atoms with E-state index in [1.54, 1.807) is 18.2 Å². The van der Waals surface area contributed by atoms with Gasteiger partial charge in [-0.15, -0.1) is 13.2 Å². The van der Waals surface area contributed by atoms with E-state index in [-0.39, 0.29) is 11.4 Å². The Bertz CT molecular complexity index is 803. The van der Waals surface area contributed by atoms with Crippen molar-refractivity contribution in [3.63, 3.8) is 0 Å². The van der Waals surface area contributed by atoms with E-state index in [9.17, 15) is 31.1 Å². The van der Waals surface area contributed by atoms with Crippen molar-refractivity contribution in [3.05, 3.63) is 46.4 Å². The number of rotatable bonds is 5. The topological polar surface area (TPSA) is 47.0 Å². The lowest BCUT2D eigenvalue weighted by molar-refractivity contribution is -0.391. The van der Waals surface area contributed by atoms with Crippen LogP contribution in [0.3, 0.4) is 0 Å². The first-order chi connectivity index (χ1) is 11.3. The molecular formula is C13H9ClF6N2O2S. The number of aromatic nitrogens is 2. The summed E-state index contributed by atoms with van der Waals surface area (Å²) < 4.78 is 80.9. The molecule has 138 valence electrons. The number of nitrogens with zero attached hydrogens (tertiary/aromatic N) is 1. The second-order valence-electron chi connectivity index (χ2n) is 4.73. The second-order valence-corrected chi connectivity index (χ2v) is 6.34. The second kappa shape index (κ2) is 6.61. The largest absolute Gasteiger partial charge is 0.526 e. The zero-order chi connectivity index (χ0) is 19.0. The number of para-hydroxylation sites is 1. The normalized spacial score (nSPS) is 15.2. The van der Waals surface area contributed by atoms with Gasteiger partial charge < -0.3 is 0 Å². The number of aromatic amines is 1. The van der Waals surface area contributed by atoms with E-state index in [4.69, 9.17) is 0 Å². The maximum absolute atomic E-state index is 13.9. The molecule has 25 heavy (non-hydrogen) atoms. The van der Waals surface area contributed by atoms with Gasteiger partial charge >= 0.3 is 16.9 Å². The summed E-state index contributed by atoms with van der Waals surface area (Å²) in [7, 11) is 0. The van der Waals surface area contributed by atoms with Crippen LogP contribution in [0.2, 0.25) is 0 Å². The van der Waals surface area contributed by atoms with Gasteiger partial charge in [-0.1, -0.05) is 18.2 Å². The summed E-state index contributed by atoms with van der Waals surface area (Å²) in [5.74, 6) is 0. The fourth-order valence-electron chi connectivity index (χ4n) is 1.80. The number of hydrogen-bond acceptors (Lipinski definition) is 3. The van der Waals surface area contributed by atoms with Crippen LogP contribution in [0.1, 0.15) is 5.69 Å². The highest BCUT2D eigenvalue weighted by Gasteiger charge is 2.62. The van der Waals surface area contributed by atoms with Crippen LogP contribution in [0.15, 0.2) is 40.0 Å². The highest BCUT2D eigenvalue weighted by molar-refractivity contribution is 8.00. The van der Waals surface area contributed by atoms with Crippen LogP contribution in [-0.2, 0) is 4.74 Å². The molecule has 2 aromatic rings. The zero-order valence-corrected chi connectivity index (χ0v) is 13.8. The Morgan fingerprint density at radius 1 is 1.12 bits per heavy atom. The number of nitrogens with one attached hydrogen (secondary N) is 1. The molecule has 1 N–H and O–H groups in total. The van der Waals surface area contributed by atoms with Crippen LogP contribution in [0.4, 0.5) is 26.3 Å². The van der Waals surface area contributed by atoms with Crippen molar-refractivity contribution in [1.29, 1.82) is 0 Å². The summed E-state index contributed by atoms with van der Waals surface area (Å²) >= 11 is 3.82. The number of aryl methyl sites for hydroxylation is 1. The molecule has 0 aliphatic carbocycles. The molecule has 4 nitrogen and oxygen atoms in total. The van der Waals surface area contributed by atoms with Gasteiger partial charge in [-0.25, -0.2) is 9.42 Å². The molecule has 0 unspecified atom stereocenters. The number of benzene rings is 1. The molecule has 12 heteroatoms. The molecule has 0 fully saturated rings. The van der Waals surface area contributed by atoms with Crippen LogP contribution in [0.5, 0.6) is 0 Å². The van der Waals surface area contributed by atoms with Gasteiger partial charge in [0.1, 0.15) is 4.90 Å². The van der Waals surface area contributed by atoms with E-state index in [1.165, 1.54) is 19.1 Å². The molecule has 0 spiro atoms. The molecule has 1 aromatic carbocycles. The third kappa shape index (κ3) is 4.33. The molecular weight excluding hydrogens is 398 g/mol. The predicted octanol–water partition coefficient (Wildman–Crippen LogP) is 4.56. The number of ether oxygens (including phenoxy) is 1. The smallest absolute Gasteiger partial charge is 0.294 e. The summed E-state index contributed by atoms with van der Waals surface area (Å²) in [5, 5.41) is -7.34. The molecule has 2 rings (SSSR count). The van der Waals surface area contributed by atoms with Crippen molar-refractivity contribution in [2.75, 3.05) is 0 Å². The Hall–Kier alpha value is -1.59. The van der Waals surface area contributed by atoms with Crippen molar-refractivity contribution in [3.8, 4) is 5.69 Å². The molecule has 0 amide bonds. The van der Waals surface area contributed by atoms with Gasteiger partial charge in [-0.05, 0) is 42.4 Å². The Kier molecular flexibility index (Phi) is 5.22. The Labute approximate surface area is 145 Å². The Morgan fingerprint density at radius 3 is 2.20 bits per heavy atom. The first-order valence-corrected chi connectivity index (χ1v) is 7.62. The molecule has 1 heterocycles. The number of alkyl halides is 7. The maximum Gasteiger partial charge on any atom is 0.526 e. The lowest BCUT2D eigenvalue weighted by Gasteiger charge is -2.27. The van der Waals surface area contributed by atoms with Crippen molar-refractivity contribution in [1.82, 2.24) is 9.78 Å². The summed E-state index contributed by atoms with van der Waals surface area (Å²) in [4.78, 5) is 11.5. The van der Waals surface area contributed by atoms with E-state index in [0.717, 1.165) is 4.68 Å². The SMILES string of the molecule is Cc1[nH]n(-c2ccccc2)c(=O)c1SC(F)(F)[C@](F)(Cl)OC(F)(F)F. The highest BCUT2D eigenvalue weighted by Crippen LogP contribution is 2.50. The first kappa shape index (κ1) is 19.7. The average Bonchev–Trinajstić information content (AvgIpc) is 2.73. The Morgan fingerprint density at radius 2 is 1.68 bits per heavy atom. The van der Waals surface area contributed by atoms with E-state index < -0.39 is 39.1 Å². The van der Waals surface area contributed by atoms with Crippen molar-refractivity contribution < 1.29 is 31.1 Å². The van der Waals surface area contributed by atoms with Crippen LogP contribution in [-0.4, -0.2) is 26.7 Å². The minimum atomic E-state index is -5.74. The van der Waals surface area contributed by atoms with Crippen molar-refractivity contribution in [2.45, 2.75) is 28.8 Å². The van der Waals surface area contributed by atoms with Gasteiger partial charge in [0.15, 0.2) is 0 Å². The quantitative estimate of drug-likeness (QED) is 0.450. The standard InChI is InChI=1S/C13H9ClF6N2O2S/c1-7-9(10(23)22(21-7)8-5-3-2-4-6-8)25-12(16,17)11(14,15)24-13(18,19)20/h2-6,21H,1H3/t11-/m1/s1. The lowest BCUT2D eigenvalue weighted by Crippen LogP contribution is -2.43. The monoisotopic (exact) mass is 406 g/mol. The van der Waals surface area contributed by atoms with Gasteiger partial charge in [-0.3, -0.25) is 9.89 Å². The molecule has 0 aliphatic rings. The van der Waals surface area contributed by atoms with Crippen molar-refractivity contribution >= 4 is 23.4 Å². The molecule has 1 aromatic heterocycles. The molecule has 0 saturated carbocycles. The van der Waals surface area contributed by atoms with E-state index in [0.29, 0.717) is 0 Å². The number of thioether (sulfide) groups is 1. The fraction of sp³-hybridized carbons (Fsp3) is 0.308. The van der Waals surface area contributed by atoms with E-state index in [1.807, 2.05) is 0 Å². The Balaban J connectivity index is 2.37. The van der Waals surface area contributed by atoms with Crippen LogP contribution >= 0.6 is 23.4 Å². The summed E-state index contributed by atoms with van der Waals surface area (Å²) in [6.45, 7) is 1.22. The van der Waals surface area contributed by atoms with Gasteiger partial charge in [0, 0.05) is 5.69 Å². The van der Waals surface area contributed by atoms with Gasteiger partial charge in [0.25, 0.3) is 5.56 Å². The van der Waals surface area contributed by atoms with Crippen LogP contribution in [0, 0.1) is 6.92 Å². The number of H-pyrrole nitrogens is 1. The van der Waals surface area contributed by atoms with Gasteiger partial charge in [0.2, 0.25) is 0 Å². The van der Waals surface area contributed by atoms with Crippen LogP contribution in [0.25, 0.3) is 5.69 Å². The van der Waals surface area contributed by atoms with Gasteiger partial charge in [-0.2, -0.15) is 13.2 Å². The van der Waals surface area contributed by atoms with Crippen molar-refractivity contribution in [2.24, 2.45) is 0 Å². The molecule has 0 radical (unpaired) electrons. The number of halogens is 7. The zero-order valence-electron chi connectivity index (χ0n) is 12.2. The highest BCUT2D eigenvalue weighted by atomic mass is 35.5. The minimum Gasteiger partial charge on any atom is -0.294 e. The molecule has 0 saturated heterocycles.